The van der Waals surface area contributed by atoms with Gasteiger partial charge in [-0.25, -0.2) is 4.79 Å². The Morgan fingerprint density at radius 3 is 2.77 bits per heavy atom. The average molecular weight is 322 g/mol. The number of alkyl halides is 1. The molecule has 0 saturated heterocycles. The Morgan fingerprint density at radius 2 is 2.09 bits per heavy atom. The summed E-state index contributed by atoms with van der Waals surface area (Å²) in [5, 5.41) is 0. The third kappa shape index (κ3) is 4.34. The maximum absolute atomic E-state index is 12.4. The monoisotopic (exact) mass is 321 g/mol. The Morgan fingerprint density at radius 1 is 1.36 bits per heavy atom. The summed E-state index contributed by atoms with van der Waals surface area (Å²) < 4.78 is 5.39. The molecule has 1 amide bonds. The van der Waals surface area contributed by atoms with Crippen LogP contribution >= 0.6 is 11.6 Å². The number of hydrogen-bond donors (Lipinski definition) is 0. The second kappa shape index (κ2) is 7.99. The first kappa shape index (κ1) is 16.6. The maximum Gasteiger partial charge on any atom is 0.414 e. The zero-order valence-electron chi connectivity index (χ0n) is 12.6. The highest BCUT2D eigenvalue weighted by molar-refractivity contribution is 6.17. The van der Waals surface area contributed by atoms with E-state index in [1.165, 1.54) is 6.08 Å². The molecule has 0 spiro atoms. The molecule has 118 valence electrons. The molecule has 1 aromatic rings. The number of allylic oxidation sites excluding steroid dienone is 2. The lowest BCUT2D eigenvalue weighted by Crippen LogP contribution is -2.43. The third-order valence-electron chi connectivity index (χ3n) is 3.62. The molecular weight excluding hydrogens is 302 g/mol. The first-order chi connectivity index (χ1) is 10.6. The van der Waals surface area contributed by atoms with Crippen molar-refractivity contribution >= 4 is 23.5 Å². The number of amides is 1. The minimum Gasteiger partial charge on any atom is -0.444 e. The molecule has 2 rings (SSSR count). The number of nitrogens with zero attached hydrogens (tertiary/aromatic N) is 1. The fourth-order valence-corrected chi connectivity index (χ4v) is 2.75. The predicted octanol–water partition coefficient (Wildman–Crippen LogP) is 3.89. The molecule has 22 heavy (non-hydrogen) atoms. The van der Waals surface area contributed by atoms with E-state index in [1.807, 2.05) is 30.3 Å². The quantitative estimate of drug-likeness (QED) is 0.773. The van der Waals surface area contributed by atoms with Crippen LogP contribution < -0.4 is 0 Å². The fraction of sp³-hybridized carbons (Fsp3) is 0.412. The van der Waals surface area contributed by atoms with E-state index in [-0.39, 0.29) is 18.4 Å². The van der Waals surface area contributed by atoms with Crippen LogP contribution in [0.3, 0.4) is 0 Å². The molecule has 0 bridgehead atoms. The minimum atomic E-state index is -0.412. The van der Waals surface area contributed by atoms with Crippen molar-refractivity contribution in [3.05, 3.63) is 47.7 Å². The van der Waals surface area contributed by atoms with Crippen molar-refractivity contribution < 1.29 is 14.3 Å². The Bertz CT molecular complexity index is 556. The Balaban J connectivity index is 2.03. The van der Waals surface area contributed by atoms with Gasteiger partial charge in [-0.15, -0.1) is 11.6 Å². The highest BCUT2D eigenvalue weighted by Crippen LogP contribution is 2.24. The van der Waals surface area contributed by atoms with E-state index in [4.69, 9.17) is 16.3 Å². The van der Waals surface area contributed by atoms with Gasteiger partial charge < -0.3 is 4.74 Å². The minimum absolute atomic E-state index is 0.0455. The van der Waals surface area contributed by atoms with Crippen LogP contribution in [0.4, 0.5) is 4.79 Å². The molecule has 0 aliphatic carbocycles. The molecular formula is C17H20ClNO3. The van der Waals surface area contributed by atoms with Crippen LogP contribution in [0.25, 0.3) is 0 Å². The van der Waals surface area contributed by atoms with Crippen LogP contribution in [0.1, 0.15) is 31.7 Å². The van der Waals surface area contributed by atoms with E-state index in [1.54, 1.807) is 11.8 Å². The first-order valence-corrected chi connectivity index (χ1v) is 7.92. The molecule has 1 heterocycles. The number of halogens is 1. The van der Waals surface area contributed by atoms with Gasteiger partial charge in [0.1, 0.15) is 6.61 Å². The summed E-state index contributed by atoms with van der Waals surface area (Å²) in [5.74, 6) is 0.560. The Kier molecular flexibility index (Phi) is 6.01. The SMILES string of the molecule is CC1=CC(=O)CC(CCCCl)N1C(=O)OCc1ccccc1. The van der Waals surface area contributed by atoms with Gasteiger partial charge in [0.05, 0.1) is 0 Å². The van der Waals surface area contributed by atoms with E-state index in [9.17, 15) is 9.59 Å². The largest absolute Gasteiger partial charge is 0.444 e. The van der Waals surface area contributed by atoms with Gasteiger partial charge >= 0.3 is 6.09 Å². The lowest BCUT2D eigenvalue weighted by molar-refractivity contribution is -0.116. The molecule has 0 saturated carbocycles. The molecule has 1 aliphatic heterocycles. The van der Waals surface area contributed by atoms with Gasteiger partial charge in [-0.1, -0.05) is 30.3 Å². The number of benzene rings is 1. The molecule has 1 aliphatic rings. The van der Waals surface area contributed by atoms with Crippen molar-refractivity contribution in [2.24, 2.45) is 0 Å². The van der Waals surface area contributed by atoms with Gasteiger partial charge in [0, 0.05) is 30.1 Å². The van der Waals surface area contributed by atoms with Gasteiger partial charge in [0.15, 0.2) is 5.78 Å². The number of ketones is 1. The smallest absolute Gasteiger partial charge is 0.414 e. The highest BCUT2D eigenvalue weighted by atomic mass is 35.5. The van der Waals surface area contributed by atoms with Crippen molar-refractivity contribution in [3.8, 4) is 0 Å². The summed E-state index contributed by atoms with van der Waals surface area (Å²) >= 11 is 5.73. The van der Waals surface area contributed by atoms with Gasteiger partial charge in [-0.3, -0.25) is 9.69 Å². The van der Waals surface area contributed by atoms with E-state index in [0.717, 1.165) is 12.0 Å². The zero-order valence-corrected chi connectivity index (χ0v) is 13.4. The summed E-state index contributed by atoms with van der Waals surface area (Å²) in [4.78, 5) is 25.7. The van der Waals surface area contributed by atoms with Crippen molar-refractivity contribution in [1.29, 1.82) is 0 Å². The molecule has 0 radical (unpaired) electrons. The first-order valence-electron chi connectivity index (χ1n) is 7.39. The summed E-state index contributed by atoms with van der Waals surface area (Å²) in [6, 6.07) is 9.35. The zero-order chi connectivity index (χ0) is 15.9. The lowest BCUT2D eigenvalue weighted by atomic mass is 9.99. The molecule has 0 N–H and O–H groups in total. The van der Waals surface area contributed by atoms with Crippen molar-refractivity contribution in [2.45, 2.75) is 38.8 Å². The lowest BCUT2D eigenvalue weighted by Gasteiger charge is -2.33. The number of carbonyl (C=O) groups is 2. The predicted molar refractivity (Wildman–Crippen MR) is 85.6 cm³/mol. The van der Waals surface area contributed by atoms with Gasteiger partial charge in [-0.05, 0) is 25.3 Å². The van der Waals surface area contributed by atoms with Crippen LogP contribution in [0.5, 0.6) is 0 Å². The average Bonchev–Trinajstić information content (AvgIpc) is 2.51. The van der Waals surface area contributed by atoms with Crippen molar-refractivity contribution in [3.63, 3.8) is 0 Å². The standard InChI is InChI=1S/C17H20ClNO3/c1-13-10-16(20)11-15(8-5-9-18)19(13)17(21)22-12-14-6-3-2-4-7-14/h2-4,6-7,10,15H,5,8-9,11-12H2,1H3. The van der Waals surface area contributed by atoms with E-state index in [0.29, 0.717) is 24.4 Å². The van der Waals surface area contributed by atoms with Gasteiger partial charge in [0.2, 0.25) is 0 Å². The second-order valence-corrected chi connectivity index (χ2v) is 5.73. The summed E-state index contributed by atoms with van der Waals surface area (Å²) in [7, 11) is 0. The number of ether oxygens (including phenoxy) is 1. The summed E-state index contributed by atoms with van der Waals surface area (Å²) in [5.41, 5.74) is 1.57. The summed E-state index contributed by atoms with van der Waals surface area (Å²) in [6.45, 7) is 1.98. The summed E-state index contributed by atoms with van der Waals surface area (Å²) in [6.07, 6.45) is 2.87. The van der Waals surface area contributed by atoms with Crippen LogP contribution in [-0.2, 0) is 16.1 Å². The molecule has 4 nitrogen and oxygen atoms in total. The normalized spacial score (nSPS) is 18.1. The van der Waals surface area contributed by atoms with Crippen molar-refractivity contribution in [1.82, 2.24) is 4.90 Å². The van der Waals surface area contributed by atoms with E-state index >= 15 is 0 Å². The van der Waals surface area contributed by atoms with E-state index < -0.39 is 6.09 Å². The van der Waals surface area contributed by atoms with Crippen LogP contribution in [0.15, 0.2) is 42.1 Å². The maximum atomic E-state index is 12.4. The number of rotatable bonds is 5. The fourth-order valence-electron chi connectivity index (χ4n) is 2.60. The molecule has 1 unspecified atom stereocenters. The Labute approximate surface area is 135 Å². The second-order valence-electron chi connectivity index (χ2n) is 5.35. The number of hydrogen-bond acceptors (Lipinski definition) is 3. The van der Waals surface area contributed by atoms with Gasteiger partial charge in [-0.2, -0.15) is 0 Å². The van der Waals surface area contributed by atoms with Crippen molar-refractivity contribution in [2.75, 3.05) is 5.88 Å². The number of carbonyl (C=O) groups excluding carboxylic acids is 2. The molecule has 5 heteroatoms. The van der Waals surface area contributed by atoms with Gasteiger partial charge in [0.25, 0.3) is 0 Å². The highest BCUT2D eigenvalue weighted by Gasteiger charge is 2.31. The van der Waals surface area contributed by atoms with Crippen LogP contribution in [-0.4, -0.2) is 28.7 Å². The molecule has 0 aromatic heterocycles. The van der Waals surface area contributed by atoms with Crippen LogP contribution in [0.2, 0.25) is 0 Å². The molecule has 0 fully saturated rings. The Hall–Kier alpha value is -1.81. The molecule has 1 atom stereocenters. The van der Waals surface area contributed by atoms with Crippen LogP contribution in [0, 0.1) is 0 Å². The van der Waals surface area contributed by atoms with E-state index in [2.05, 4.69) is 0 Å². The molecule has 1 aromatic carbocycles. The topological polar surface area (TPSA) is 46.6 Å². The third-order valence-corrected chi connectivity index (χ3v) is 3.89.